The number of likely N-dealkylation sites (tertiary alicyclic amines) is 1. The van der Waals surface area contributed by atoms with Crippen LogP contribution in [0.1, 0.15) is 35.7 Å². The average Bonchev–Trinajstić information content (AvgIpc) is 2.58. The molecular weight excluding hydrogens is 308 g/mol. The van der Waals surface area contributed by atoms with Crippen molar-refractivity contribution in [1.82, 2.24) is 10.2 Å². The Hall–Kier alpha value is -2.37. The van der Waals surface area contributed by atoms with E-state index < -0.39 is 5.97 Å². The Bertz CT molecular complexity index is 590. The molecule has 1 aliphatic heterocycles. The van der Waals surface area contributed by atoms with Crippen LogP contribution in [-0.2, 0) is 14.3 Å². The van der Waals surface area contributed by atoms with E-state index >= 15 is 0 Å². The summed E-state index contributed by atoms with van der Waals surface area (Å²) in [5, 5.41) is 2.49. The first-order valence-corrected chi connectivity index (χ1v) is 8.24. The van der Waals surface area contributed by atoms with Crippen molar-refractivity contribution in [3.8, 4) is 0 Å². The minimum absolute atomic E-state index is 0.180. The highest BCUT2D eigenvalue weighted by Crippen LogP contribution is 2.15. The van der Waals surface area contributed by atoms with Crippen LogP contribution in [0.15, 0.2) is 24.3 Å². The molecule has 1 aliphatic rings. The van der Waals surface area contributed by atoms with Gasteiger partial charge in [0.05, 0.1) is 0 Å². The standard InChI is InChI=1S/C18H24N2O4/c1-13-3-5-15(6-4-13)18(23)19-11-17(22)24-12-16(21)20-9-7-14(2)8-10-20/h3-6,14H,7-12H2,1-2H3,(H,19,23). The molecule has 24 heavy (non-hydrogen) atoms. The molecule has 0 saturated carbocycles. The van der Waals surface area contributed by atoms with E-state index in [4.69, 9.17) is 4.74 Å². The summed E-state index contributed by atoms with van der Waals surface area (Å²) in [6, 6.07) is 7.03. The Morgan fingerprint density at radius 3 is 2.42 bits per heavy atom. The minimum atomic E-state index is -0.616. The second kappa shape index (κ2) is 8.47. The predicted molar refractivity (Wildman–Crippen MR) is 89.4 cm³/mol. The molecule has 0 aliphatic carbocycles. The second-order valence-corrected chi connectivity index (χ2v) is 6.27. The average molecular weight is 332 g/mol. The van der Waals surface area contributed by atoms with Gasteiger partial charge in [-0.2, -0.15) is 0 Å². The molecule has 1 N–H and O–H groups in total. The van der Waals surface area contributed by atoms with Gasteiger partial charge in [-0.1, -0.05) is 24.6 Å². The number of nitrogens with zero attached hydrogens (tertiary/aromatic N) is 1. The summed E-state index contributed by atoms with van der Waals surface area (Å²) < 4.78 is 4.94. The van der Waals surface area contributed by atoms with E-state index in [1.54, 1.807) is 17.0 Å². The Morgan fingerprint density at radius 1 is 1.17 bits per heavy atom. The summed E-state index contributed by atoms with van der Waals surface area (Å²) in [5.41, 5.74) is 1.53. The molecule has 1 aromatic rings. The molecule has 130 valence electrons. The SMILES string of the molecule is Cc1ccc(C(=O)NCC(=O)OCC(=O)N2CCC(C)CC2)cc1. The number of piperidine rings is 1. The van der Waals surface area contributed by atoms with E-state index in [1.165, 1.54) is 0 Å². The molecule has 0 unspecified atom stereocenters. The fraction of sp³-hybridized carbons (Fsp3) is 0.500. The number of esters is 1. The smallest absolute Gasteiger partial charge is 0.325 e. The zero-order valence-electron chi connectivity index (χ0n) is 14.2. The van der Waals surface area contributed by atoms with Gasteiger partial charge in [-0.15, -0.1) is 0 Å². The van der Waals surface area contributed by atoms with Gasteiger partial charge in [0.1, 0.15) is 6.54 Å². The van der Waals surface area contributed by atoms with E-state index in [-0.39, 0.29) is 25.0 Å². The number of ether oxygens (including phenoxy) is 1. The highest BCUT2D eigenvalue weighted by atomic mass is 16.5. The van der Waals surface area contributed by atoms with Crippen molar-refractivity contribution in [1.29, 1.82) is 0 Å². The topological polar surface area (TPSA) is 75.7 Å². The van der Waals surface area contributed by atoms with Gasteiger partial charge in [0.2, 0.25) is 0 Å². The van der Waals surface area contributed by atoms with E-state index in [0.29, 0.717) is 24.6 Å². The fourth-order valence-electron chi connectivity index (χ4n) is 2.50. The van der Waals surface area contributed by atoms with Gasteiger partial charge in [-0.05, 0) is 37.8 Å². The monoisotopic (exact) mass is 332 g/mol. The maximum absolute atomic E-state index is 12.0. The minimum Gasteiger partial charge on any atom is -0.454 e. The zero-order chi connectivity index (χ0) is 17.5. The van der Waals surface area contributed by atoms with Crippen LogP contribution in [0.3, 0.4) is 0 Å². The third-order valence-corrected chi connectivity index (χ3v) is 4.20. The van der Waals surface area contributed by atoms with Gasteiger partial charge in [-0.25, -0.2) is 0 Å². The number of amides is 2. The fourth-order valence-corrected chi connectivity index (χ4v) is 2.50. The van der Waals surface area contributed by atoms with Crippen LogP contribution in [0.4, 0.5) is 0 Å². The van der Waals surface area contributed by atoms with E-state index in [9.17, 15) is 14.4 Å². The lowest BCUT2D eigenvalue weighted by atomic mass is 9.99. The first kappa shape index (κ1) is 18.0. The lowest BCUT2D eigenvalue weighted by molar-refractivity contribution is -0.151. The number of carbonyl (C=O) groups is 3. The molecule has 2 rings (SSSR count). The Morgan fingerprint density at radius 2 is 1.79 bits per heavy atom. The number of nitrogens with one attached hydrogen (secondary N) is 1. The van der Waals surface area contributed by atoms with Crippen LogP contribution < -0.4 is 5.32 Å². The van der Waals surface area contributed by atoms with Crippen LogP contribution in [0.25, 0.3) is 0 Å². The maximum atomic E-state index is 12.0. The van der Waals surface area contributed by atoms with Gasteiger partial charge in [-0.3, -0.25) is 14.4 Å². The lowest BCUT2D eigenvalue weighted by Gasteiger charge is -2.30. The van der Waals surface area contributed by atoms with Crippen LogP contribution in [0, 0.1) is 12.8 Å². The highest BCUT2D eigenvalue weighted by Gasteiger charge is 2.21. The molecule has 6 nitrogen and oxygen atoms in total. The van der Waals surface area contributed by atoms with Gasteiger partial charge in [0.15, 0.2) is 6.61 Å². The zero-order valence-corrected chi connectivity index (χ0v) is 14.2. The summed E-state index contributed by atoms with van der Waals surface area (Å²) in [7, 11) is 0. The maximum Gasteiger partial charge on any atom is 0.325 e. The molecular formula is C18H24N2O4. The van der Waals surface area contributed by atoms with E-state index in [1.807, 2.05) is 19.1 Å². The van der Waals surface area contributed by atoms with Gasteiger partial charge in [0.25, 0.3) is 11.8 Å². The van der Waals surface area contributed by atoms with Crippen molar-refractivity contribution in [2.75, 3.05) is 26.2 Å². The number of benzene rings is 1. The van der Waals surface area contributed by atoms with Crippen LogP contribution in [0.2, 0.25) is 0 Å². The van der Waals surface area contributed by atoms with Crippen molar-refractivity contribution in [2.24, 2.45) is 5.92 Å². The quantitative estimate of drug-likeness (QED) is 0.830. The molecule has 0 bridgehead atoms. The second-order valence-electron chi connectivity index (χ2n) is 6.27. The number of carbonyl (C=O) groups excluding carboxylic acids is 3. The largest absolute Gasteiger partial charge is 0.454 e. The Balaban J connectivity index is 1.68. The Labute approximate surface area is 142 Å². The molecule has 1 fully saturated rings. The van der Waals surface area contributed by atoms with Gasteiger partial charge in [0, 0.05) is 18.7 Å². The normalized spacial score (nSPS) is 15.0. The van der Waals surface area contributed by atoms with Crippen LogP contribution in [0.5, 0.6) is 0 Å². The van der Waals surface area contributed by atoms with E-state index in [2.05, 4.69) is 12.2 Å². The van der Waals surface area contributed by atoms with Crippen molar-refractivity contribution >= 4 is 17.8 Å². The van der Waals surface area contributed by atoms with Gasteiger partial charge >= 0.3 is 5.97 Å². The summed E-state index contributed by atoms with van der Waals surface area (Å²) in [6.07, 6.45) is 1.96. The molecule has 6 heteroatoms. The number of rotatable bonds is 5. The predicted octanol–water partition coefficient (Wildman–Crippen LogP) is 1.53. The molecule has 0 spiro atoms. The molecule has 0 atom stereocenters. The first-order chi connectivity index (χ1) is 11.5. The highest BCUT2D eigenvalue weighted by molar-refractivity contribution is 5.96. The van der Waals surface area contributed by atoms with Crippen LogP contribution in [-0.4, -0.2) is 48.9 Å². The molecule has 0 aromatic heterocycles. The van der Waals surface area contributed by atoms with E-state index in [0.717, 1.165) is 18.4 Å². The first-order valence-electron chi connectivity index (χ1n) is 8.24. The molecule has 1 heterocycles. The molecule has 0 radical (unpaired) electrons. The third-order valence-electron chi connectivity index (χ3n) is 4.20. The van der Waals surface area contributed by atoms with Crippen molar-refractivity contribution in [2.45, 2.75) is 26.7 Å². The Kier molecular flexibility index (Phi) is 6.35. The summed E-state index contributed by atoms with van der Waals surface area (Å²) in [5.74, 6) is -0.508. The lowest BCUT2D eigenvalue weighted by Crippen LogP contribution is -2.41. The number of hydrogen-bond donors (Lipinski definition) is 1. The molecule has 1 saturated heterocycles. The summed E-state index contributed by atoms with van der Waals surface area (Å²) >= 11 is 0. The summed E-state index contributed by atoms with van der Waals surface area (Å²) in [4.78, 5) is 37.2. The van der Waals surface area contributed by atoms with Crippen molar-refractivity contribution in [3.63, 3.8) is 0 Å². The van der Waals surface area contributed by atoms with Crippen LogP contribution >= 0.6 is 0 Å². The number of aryl methyl sites for hydroxylation is 1. The van der Waals surface area contributed by atoms with Crippen molar-refractivity contribution < 1.29 is 19.1 Å². The summed E-state index contributed by atoms with van der Waals surface area (Å²) in [6.45, 7) is 4.99. The van der Waals surface area contributed by atoms with Crippen molar-refractivity contribution in [3.05, 3.63) is 35.4 Å². The van der Waals surface area contributed by atoms with Gasteiger partial charge < -0.3 is 15.0 Å². The number of hydrogen-bond acceptors (Lipinski definition) is 4. The molecule has 2 amide bonds. The molecule has 1 aromatic carbocycles. The third kappa shape index (κ3) is 5.37.